The fraction of sp³-hybridized carbons (Fsp3) is 0.583. The molecular weight excluding hydrogens is 424 g/mol. The van der Waals surface area contributed by atoms with Crippen molar-refractivity contribution in [1.82, 2.24) is 14.2 Å². The number of benzene rings is 1. The quantitative estimate of drug-likeness (QED) is 0.706. The highest BCUT2D eigenvalue weighted by atomic mass is 32.2. The topological polar surface area (TPSA) is 73.8 Å². The SMILES string of the molecule is O=C(C1CCCN(c2ccc3cc(S(=O)(=O)N4CCCC4)ccc3n2)C1)N1CCCCC1. The number of hydrogen-bond acceptors (Lipinski definition) is 5. The lowest BCUT2D eigenvalue weighted by atomic mass is 9.95. The first kappa shape index (κ1) is 21.6. The summed E-state index contributed by atoms with van der Waals surface area (Å²) in [6.07, 6.45) is 7.23. The fourth-order valence-corrected chi connectivity index (χ4v) is 6.82. The Morgan fingerprint density at radius 1 is 0.875 bits per heavy atom. The standard InChI is InChI=1S/C24H32N4O3S/c29-24(26-12-2-1-3-13-26)20-7-6-14-27(18-20)23-11-8-19-17-21(9-10-22(19)25-23)32(30,31)28-15-4-5-16-28/h8-11,17,20H,1-7,12-16,18H2. The summed E-state index contributed by atoms with van der Waals surface area (Å²) in [5.41, 5.74) is 0.785. The molecular formula is C24H32N4O3S. The Hall–Kier alpha value is -2.19. The van der Waals surface area contributed by atoms with Gasteiger partial charge in [0.05, 0.1) is 16.3 Å². The van der Waals surface area contributed by atoms with Gasteiger partial charge < -0.3 is 9.80 Å². The molecule has 7 nitrogen and oxygen atoms in total. The van der Waals surface area contributed by atoms with Crippen LogP contribution in [-0.2, 0) is 14.8 Å². The maximum atomic E-state index is 13.0. The molecule has 3 saturated heterocycles. The van der Waals surface area contributed by atoms with Gasteiger partial charge in [0.1, 0.15) is 5.82 Å². The van der Waals surface area contributed by atoms with E-state index in [0.29, 0.717) is 30.4 Å². The van der Waals surface area contributed by atoms with E-state index in [1.165, 1.54) is 6.42 Å². The molecule has 0 bridgehead atoms. The molecule has 1 aromatic carbocycles. The summed E-state index contributed by atoms with van der Waals surface area (Å²) >= 11 is 0. The number of rotatable bonds is 4. The number of amides is 1. The monoisotopic (exact) mass is 456 g/mol. The van der Waals surface area contributed by atoms with Gasteiger partial charge >= 0.3 is 0 Å². The number of nitrogens with zero attached hydrogens (tertiary/aromatic N) is 4. The van der Waals surface area contributed by atoms with Gasteiger partial charge in [0, 0.05) is 44.7 Å². The molecule has 8 heteroatoms. The molecule has 3 aliphatic rings. The average molecular weight is 457 g/mol. The Labute approximate surface area is 190 Å². The van der Waals surface area contributed by atoms with E-state index in [0.717, 1.165) is 74.9 Å². The van der Waals surface area contributed by atoms with Crippen LogP contribution in [0.3, 0.4) is 0 Å². The summed E-state index contributed by atoms with van der Waals surface area (Å²) in [5, 5.41) is 0.826. The molecule has 5 rings (SSSR count). The molecule has 2 aromatic rings. The second kappa shape index (κ2) is 8.98. The van der Waals surface area contributed by atoms with Crippen molar-refractivity contribution >= 4 is 32.7 Å². The van der Waals surface area contributed by atoms with Crippen LogP contribution in [0.25, 0.3) is 10.9 Å². The number of carbonyl (C=O) groups excluding carboxylic acids is 1. The zero-order valence-corrected chi connectivity index (χ0v) is 19.4. The van der Waals surface area contributed by atoms with E-state index < -0.39 is 10.0 Å². The third-order valence-electron chi connectivity index (χ3n) is 7.11. The molecule has 0 N–H and O–H groups in total. The van der Waals surface area contributed by atoms with Gasteiger partial charge in [-0.1, -0.05) is 0 Å². The van der Waals surface area contributed by atoms with Gasteiger partial charge in [-0.3, -0.25) is 4.79 Å². The summed E-state index contributed by atoms with van der Waals surface area (Å²) in [6.45, 7) is 4.59. The van der Waals surface area contributed by atoms with Crippen LogP contribution in [0, 0.1) is 5.92 Å². The van der Waals surface area contributed by atoms with Gasteiger partial charge in [-0.2, -0.15) is 4.31 Å². The highest BCUT2D eigenvalue weighted by Crippen LogP contribution is 2.28. The van der Waals surface area contributed by atoms with Crippen LogP contribution in [0.4, 0.5) is 5.82 Å². The first-order chi connectivity index (χ1) is 15.5. The zero-order chi connectivity index (χ0) is 22.1. The summed E-state index contributed by atoms with van der Waals surface area (Å²) < 4.78 is 27.3. The van der Waals surface area contributed by atoms with Crippen molar-refractivity contribution in [3.63, 3.8) is 0 Å². The van der Waals surface area contributed by atoms with E-state index in [9.17, 15) is 13.2 Å². The minimum absolute atomic E-state index is 0.0346. The van der Waals surface area contributed by atoms with Crippen LogP contribution in [0.15, 0.2) is 35.2 Å². The summed E-state index contributed by atoms with van der Waals surface area (Å²) in [5.74, 6) is 1.20. The van der Waals surface area contributed by atoms with Crippen molar-refractivity contribution in [2.24, 2.45) is 5.92 Å². The Bertz CT molecular complexity index is 1090. The Morgan fingerprint density at radius 3 is 2.41 bits per heavy atom. The minimum atomic E-state index is -3.44. The number of anilines is 1. The number of piperidine rings is 2. The van der Waals surface area contributed by atoms with Crippen molar-refractivity contribution in [2.75, 3.05) is 44.2 Å². The normalized spacial score (nSPS) is 23.1. The van der Waals surface area contributed by atoms with Gasteiger partial charge in [0.25, 0.3) is 0 Å². The van der Waals surface area contributed by atoms with E-state index >= 15 is 0 Å². The van der Waals surface area contributed by atoms with E-state index in [-0.39, 0.29) is 5.92 Å². The number of hydrogen-bond donors (Lipinski definition) is 0. The van der Waals surface area contributed by atoms with Crippen LogP contribution in [0.5, 0.6) is 0 Å². The average Bonchev–Trinajstić information content (AvgIpc) is 3.40. The Morgan fingerprint density at radius 2 is 1.62 bits per heavy atom. The molecule has 1 atom stereocenters. The maximum absolute atomic E-state index is 13.0. The first-order valence-corrected chi connectivity index (χ1v) is 13.4. The molecule has 0 radical (unpaired) electrons. The number of fused-ring (bicyclic) bond motifs is 1. The van der Waals surface area contributed by atoms with Gasteiger partial charge in [-0.25, -0.2) is 13.4 Å². The first-order valence-electron chi connectivity index (χ1n) is 12.0. The predicted octanol–water partition coefficient (Wildman–Crippen LogP) is 3.25. The third kappa shape index (κ3) is 4.22. The molecule has 1 unspecified atom stereocenters. The molecule has 0 saturated carbocycles. The van der Waals surface area contributed by atoms with E-state index in [1.54, 1.807) is 16.4 Å². The molecule has 0 aliphatic carbocycles. The summed E-state index contributed by atoms with van der Waals surface area (Å²) in [6, 6.07) is 9.13. The fourth-order valence-electron chi connectivity index (χ4n) is 5.27. The van der Waals surface area contributed by atoms with Crippen LogP contribution < -0.4 is 4.90 Å². The Kier molecular flexibility index (Phi) is 6.07. The van der Waals surface area contributed by atoms with Crippen LogP contribution in [-0.4, -0.2) is 67.8 Å². The lowest BCUT2D eigenvalue weighted by Gasteiger charge is -2.36. The van der Waals surface area contributed by atoms with Crippen LogP contribution >= 0.6 is 0 Å². The summed E-state index contributed by atoms with van der Waals surface area (Å²) in [4.78, 5) is 22.4. The number of likely N-dealkylation sites (tertiary alicyclic amines) is 1. The molecule has 1 aromatic heterocycles. The molecule has 0 spiro atoms. The summed E-state index contributed by atoms with van der Waals surface area (Å²) in [7, 11) is -3.44. The van der Waals surface area contributed by atoms with Crippen molar-refractivity contribution in [1.29, 1.82) is 0 Å². The smallest absolute Gasteiger partial charge is 0.243 e. The lowest BCUT2D eigenvalue weighted by molar-refractivity contribution is -0.136. The number of carbonyl (C=O) groups is 1. The van der Waals surface area contributed by atoms with Crippen LogP contribution in [0.2, 0.25) is 0 Å². The van der Waals surface area contributed by atoms with Crippen LogP contribution in [0.1, 0.15) is 44.9 Å². The number of sulfonamides is 1. The van der Waals surface area contributed by atoms with Crippen molar-refractivity contribution in [3.05, 3.63) is 30.3 Å². The number of pyridine rings is 1. The van der Waals surface area contributed by atoms with Gasteiger partial charge in [0.2, 0.25) is 15.9 Å². The van der Waals surface area contributed by atoms with E-state index in [4.69, 9.17) is 4.98 Å². The van der Waals surface area contributed by atoms with Crippen molar-refractivity contribution < 1.29 is 13.2 Å². The van der Waals surface area contributed by atoms with Gasteiger partial charge in [-0.15, -0.1) is 0 Å². The van der Waals surface area contributed by atoms with Crippen molar-refractivity contribution in [3.8, 4) is 0 Å². The Balaban J connectivity index is 1.33. The third-order valence-corrected chi connectivity index (χ3v) is 9.01. The van der Waals surface area contributed by atoms with Crippen molar-refractivity contribution in [2.45, 2.75) is 49.8 Å². The van der Waals surface area contributed by atoms with E-state index in [1.807, 2.05) is 23.1 Å². The maximum Gasteiger partial charge on any atom is 0.243 e. The molecule has 3 aliphatic heterocycles. The van der Waals surface area contributed by atoms with Gasteiger partial charge in [-0.05, 0) is 75.3 Å². The largest absolute Gasteiger partial charge is 0.356 e. The molecule has 3 fully saturated rings. The second-order valence-corrected chi connectivity index (χ2v) is 11.2. The zero-order valence-electron chi connectivity index (χ0n) is 18.6. The lowest BCUT2D eigenvalue weighted by Crippen LogP contribution is -2.46. The minimum Gasteiger partial charge on any atom is -0.356 e. The van der Waals surface area contributed by atoms with Gasteiger partial charge in [0.15, 0.2) is 0 Å². The highest BCUT2D eigenvalue weighted by molar-refractivity contribution is 7.89. The molecule has 4 heterocycles. The predicted molar refractivity (Wildman–Crippen MR) is 125 cm³/mol. The molecule has 32 heavy (non-hydrogen) atoms. The second-order valence-electron chi connectivity index (χ2n) is 9.31. The molecule has 172 valence electrons. The molecule has 1 amide bonds. The highest BCUT2D eigenvalue weighted by Gasteiger charge is 2.31. The van der Waals surface area contributed by atoms with E-state index in [2.05, 4.69) is 4.90 Å². The number of aromatic nitrogens is 1.